The number of fused-ring (bicyclic) bond motifs is 1. The fourth-order valence-electron chi connectivity index (χ4n) is 2.55. The lowest BCUT2D eigenvalue weighted by Gasteiger charge is -2.11. The molecule has 0 N–H and O–H groups in total. The van der Waals surface area contributed by atoms with Crippen molar-refractivity contribution < 1.29 is 13.2 Å². The van der Waals surface area contributed by atoms with Crippen molar-refractivity contribution in [2.45, 2.75) is 31.0 Å². The molecule has 1 aromatic carbocycles. The normalized spacial score (nSPS) is 17.5. The van der Waals surface area contributed by atoms with E-state index >= 15 is 0 Å². The monoisotopic (exact) mass is 327 g/mol. The molecule has 0 spiro atoms. The molecule has 0 bridgehead atoms. The Morgan fingerprint density at radius 1 is 1.38 bits per heavy atom. The molecule has 2 heterocycles. The standard InChI is InChI=1S/C13H14ClN3O3S/c1-2-7-17-12(15-16-13(17)21(14,18)19)10-8-20-11-6-4-3-5-9(10)11/h3-6,10H,2,7-8H2,1H3. The number of halogens is 1. The summed E-state index contributed by atoms with van der Waals surface area (Å²) in [5.41, 5.74) is 0.987. The van der Waals surface area contributed by atoms with Crippen molar-refractivity contribution in [3.63, 3.8) is 0 Å². The van der Waals surface area contributed by atoms with Crippen molar-refractivity contribution in [3.8, 4) is 5.75 Å². The van der Waals surface area contributed by atoms with E-state index in [2.05, 4.69) is 10.2 Å². The van der Waals surface area contributed by atoms with Gasteiger partial charge < -0.3 is 9.30 Å². The van der Waals surface area contributed by atoms with E-state index in [1.54, 1.807) is 4.57 Å². The maximum atomic E-state index is 11.6. The summed E-state index contributed by atoms with van der Waals surface area (Å²) in [6.07, 6.45) is 0.750. The van der Waals surface area contributed by atoms with Crippen molar-refractivity contribution in [3.05, 3.63) is 35.7 Å². The second-order valence-corrected chi connectivity index (χ2v) is 7.29. The molecule has 0 radical (unpaired) electrons. The minimum atomic E-state index is -3.92. The van der Waals surface area contributed by atoms with Crippen LogP contribution in [0, 0.1) is 0 Å². The quantitative estimate of drug-likeness (QED) is 0.804. The molecule has 1 atom stereocenters. The van der Waals surface area contributed by atoms with Gasteiger partial charge in [0.25, 0.3) is 14.2 Å². The molecule has 0 amide bonds. The van der Waals surface area contributed by atoms with E-state index in [1.165, 1.54) is 0 Å². The molecule has 1 aliphatic rings. The van der Waals surface area contributed by atoms with Gasteiger partial charge in [0.05, 0.1) is 5.92 Å². The summed E-state index contributed by atoms with van der Waals surface area (Å²) < 4.78 is 30.4. The van der Waals surface area contributed by atoms with Crippen LogP contribution in [0.3, 0.4) is 0 Å². The van der Waals surface area contributed by atoms with Crippen LogP contribution >= 0.6 is 10.7 Å². The highest BCUT2D eigenvalue weighted by atomic mass is 35.7. The van der Waals surface area contributed by atoms with Crippen LogP contribution in [0.1, 0.15) is 30.7 Å². The molecule has 0 saturated carbocycles. The summed E-state index contributed by atoms with van der Waals surface area (Å²) >= 11 is 0. The summed E-state index contributed by atoms with van der Waals surface area (Å²) in [5, 5.41) is 7.61. The molecule has 112 valence electrons. The fourth-order valence-corrected chi connectivity index (χ4v) is 3.48. The molecule has 0 saturated heterocycles. The number of aromatic nitrogens is 3. The third kappa shape index (κ3) is 2.51. The second-order valence-electron chi connectivity index (χ2n) is 4.83. The molecule has 1 aromatic heterocycles. The number of benzene rings is 1. The molecular weight excluding hydrogens is 314 g/mol. The first-order chi connectivity index (χ1) is 10.0. The molecule has 0 fully saturated rings. The molecule has 21 heavy (non-hydrogen) atoms. The van der Waals surface area contributed by atoms with Gasteiger partial charge in [-0.2, -0.15) is 0 Å². The predicted octanol–water partition coefficient (Wildman–Crippen LogP) is 2.14. The highest BCUT2D eigenvalue weighted by Gasteiger charge is 2.32. The zero-order chi connectivity index (χ0) is 15.0. The Hall–Kier alpha value is -1.60. The van der Waals surface area contributed by atoms with Crippen LogP contribution in [0.5, 0.6) is 5.75 Å². The Kier molecular flexibility index (Phi) is 3.62. The van der Waals surface area contributed by atoms with Gasteiger partial charge in [-0.25, -0.2) is 8.42 Å². The summed E-state index contributed by atoms with van der Waals surface area (Å²) in [6, 6.07) is 7.65. The molecule has 2 aromatic rings. The summed E-state index contributed by atoms with van der Waals surface area (Å²) in [7, 11) is 1.52. The molecule has 1 unspecified atom stereocenters. The zero-order valence-corrected chi connectivity index (χ0v) is 12.9. The van der Waals surface area contributed by atoms with Crippen LogP contribution in [-0.4, -0.2) is 29.8 Å². The van der Waals surface area contributed by atoms with Gasteiger partial charge in [-0.15, -0.1) is 10.2 Å². The predicted molar refractivity (Wildman–Crippen MR) is 77.1 cm³/mol. The van der Waals surface area contributed by atoms with E-state index in [0.717, 1.165) is 17.7 Å². The number of nitrogens with zero attached hydrogens (tertiary/aromatic N) is 3. The average Bonchev–Trinajstić information content (AvgIpc) is 3.02. The summed E-state index contributed by atoms with van der Waals surface area (Å²) in [5.74, 6) is 1.23. The third-order valence-corrected chi connectivity index (χ3v) is 4.57. The van der Waals surface area contributed by atoms with Gasteiger partial charge in [0, 0.05) is 22.8 Å². The molecule has 1 aliphatic heterocycles. The topological polar surface area (TPSA) is 74.1 Å². The first-order valence-electron chi connectivity index (χ1n) is 6.62. The largest absolute Gasteiger partial charge is 0.492 e. The second kappa shape index (κ2) is 5.31. The van der Waals surface area contributed by atoms with E-state index in [0.29, 0.717) is 19.0 Å². The maximum absolute atomic E-state index is 11.6. The van der Waals surface area contributed by atoms with E-state index in [-0.39, 0.29) is 11.1 Å². The number of hydrogen-bond acceptors (Lipinski definition) is 5. The molecular formula is C13H14ClN3O3S. The smallest absolute Gasteiger partial charge is 0.296 e. The van der Waals surface area contributed by atoms with Gasteiger partial charge in [0.1, 0.15) is 18.2 Å². The summed E-state index contributed by atoms with van der Waals surface area (Å²) in [6.45, 7) is 2.86. The van der Waals surface area contributed by atoms with E-state index in [1.807, 2.05) is 31.2 Å². The number of rotatable bonds is 4. The summed E-state index contributed by atoms with van der Waals surface area (Å²) in [4.78, 5) is 0. The van der Waals surface area contributed by atoms with Crippen LogP contribution in [0.15, 0.2) is 29.4 Å². The lowest BCUT2D eigenvalue weighted by molar-refractivity contribution is 0.336. The first kappa shape index (κ1) is 14.3. The number of ether oxygens (including phenoxy) is 1. The van der Waals surface area contributed by atoms with Crippen molar-refractivity contribution >= 4 is 19.7 Å². The van der Waals surface area contributed by atoms with Crippen molar-refractivity contribution in [1.82, 2.24) is 14.8 Å². The van der Waals surface area contributed by atoms with Crippen LogP contribution < -0.4 is 4.74 Å². The van der Waals surface area contributed by atoms with Gasteiger partial charge in [0.2, 0.25) is 0 Å². The van der Waals surface area contributed by atoms with Crippen molar-refractivity contribution in [2.24, 2.45) is 0 Å². The Labute approximate surface area is 127 Å². The fraction of sp³-hybridized carbons (Fsp3) is 0.385. The van der Waals surface area contributed by atoms with Crippen LogP contribution in [0.4, 0.5) is 0 Å². The van der Waals surface area contributed by atoms with Gasteiger partial charge in [0.15, 0.2) is 0 Å². The van der Waals surface area contributed by atoms with Crippen LogP contribution in [0.25, 0.3) is 0 Å². The van der Waals surface area contributed by atoms with Gasteiger partial charge >= 0.3 is 0 Å². The van der Waals surface area contributed by atoms with Crippen LogP contribution in [0.2, 0.25) is 0 Å². The molecule has 8 heteroatoms. The zero-order valence-electron chi connectivity index (χ0n) is 11.4. The van der Waals surface area contributed by atoms with Crippen molar-refractivity contribution in [2.75, 3.05) is 6.61 Å². The van der Waals surface area contributed by atoms with E-state index in [4.69, 9.17) is 15.4 Å². The van der Waals surface area contributed by atoms with Gasteiger partial charge in [-0.05, 0) is 12.5 Å². The minimum Gasteiger partial charge on any atom is -0.492 e. The Morgan fingerprint density at radius 3 is 2.86 bits per heavy atom. The van der Waals surface area contributed by atoms with E-state index in [9.17, 15) is 8.42 Å². The Bertz CT molecular complexity index is 773. The molecule has 3 rings (SSSR count). The Morgan fingerprint density at radius 2 is 2.14 bits per heavy atom. The number of hydrogen-bond donors (Lipinski definition) is 0. The van der Waals surface area contributed by atoms with Crippen LogP contribution in [-0.2, 0) is 15.6 Å². The van der Waals surface area contributed by atoms with Gasteiger partial charge in [-0.3, -0.25) is 0 Å². The lowest BCUT2D eigenvalue weighted by Crippen LogP contribution is -2.14. The Balaban J connectivity index is 2.10. The first-order valence-corrected chi connectivity index (χ1v) is 8.92. The minimum absolute atomic E-state index is 0.132. The molecule has 6 nitrogen and oxygen atoms in total. The van der Waals surface area contributed by atoms with E-state index < -0.39 is 9.05 Å². The number of para-hydroxylation sites is 1. The highest BCUT2D eigenvalue weighted by Crippen LogP contribution is 2.37. The van der Waals surface area contributed by atoms with Crippen molar-refractivity contribution in [1.29, 1.82) is 0 Å². The molecule has 0 aliphatic carbocycles. The average molecular weight is 328 g/mol. The lowest BCUT2D eigenvalue weighted by atomic mass is 10.0. The van der Waals surface area contributed by atoms with Gasteiger partial charge in [-0.1, -0.05) is 25.1 Å². The maximum Gasteiger partial charge on any atom is 0.296 e. The third-order valence-electron chi connectivity index (χ3n) is 3.42. The SMILES string of the molecule is CCCn1c(C2COc3ccccc32)nnc1S(=O)(=O)Cl. The highest BCUT2D eigenvalue weighted by molar-refractivity contribution is 8.13.